The van der Waals surface area contributed by atoms with Crippen LogP contribution >= 0.6 is 0 Å². The number of nitrogens with zero attached hydrogens (tertiary/aromatic N) is 1. The van der Waals surface area contributed by atoms with E-state index in [1.54, 1.807) is 0 Å². The third kappa shape index (κ3) is 4.87. The Morgan fingerprint density at radius 1 is 1.11 bits per heavy atom. The van der Waals surface area contributed by atoms with Gasteiger partial charge in [0.15, 0.2) is 0 Å². The lowest BCUT2D eigenvalue weighted by atomic mass is 10.1. The third-order valence-electron chi connectivity index (χ3n) is 4.49. The van der Waals surface area contributed by atoms with Gasteiger partial charge in [0.05, 0.1) is 6.61 Å². The first-order valence-corrected chi connectivity index (χ1v) is 7.83. The van der Waals surface area contributed by atoms with Crippen LogP contribution in [0.2, 0.25) is 0 Å². The van der Waals surface area contributed by atoms with E-state index in [1.807, 2.05) is 7.11 Å². The summed E-state index contributed by atoms with van der Waals surface area (Å²) in [6.45, 7) is 5.83. The van der Waals surface area contributed by atoms with Crippen molar-refractivity contribution < 1.29 is 4.74 Å². The molecule has 3 nitrogen and oxygen atoms in total. The lowest BCUT2D eigenvalue weighted by Gasteiger charge is -2.20. The lowest BCUT2D eigenvalue weighted by Crippen LogP contribution is -2.36. The van der Waals surface area contributed by atoms with Crippen molar-refractivity contribution in [2.45, 2.75) is 51.0 Å². The molecule has 1 unspecified atom stereocenters. The van der Waals surface area contributed by atoms with Crippen molar-refractivity contribution in [2.24, 2.45) is 5.92 Å². The predicted molar refractivity (Wildman–Crippen MR) is 75.9 cm³/mol. The molecule has 0 aromatic rings. The van der Waals surface area contributed by atoms with Crippen molar-refractivity contribution in [3.05, 3.63) is 0 Å². The largest absolute Gasteiger partial charge is 0.384 e. The van der Waals surface area contributed by atoms with Crippen LogP contribution in [0.1, 0.15) is 44.9 Å². The molecule has 0 aromatic carbocycles. The van der Waals surface area contributed by atoms with Crippen LogP contribution in [0.15, 0.2) is 0 Å². The van der Waals surface area contributed by atoms with Crippen LogP contribution in [-0.2, 0) is 4.74 Å². The molecule has 0 spiro atoms. The Morgan fingerprint density at radius 3 is 2.61 bits per heavy atom. The van der Waals surface area contributed by atoms with Gasteiger partial charge in [0.1, 0.15) is 0 Å². The van der Waals surface area contributed by atoms with Crippen LogP contribution in [0.25, 0.3) is 0 Å². The van der Waals surface area contributed by atoms with Crippen molar-refractivity contribution >= 4 is 0 Å². The molecule has 0 aromatic heterocycles. The average Bonchev–Trinajstić information content (AvgIpc) is 2.65. The van der Waals surface area contributed by atoms with Crippen LogP contribution in [0.5, 0.6) is 0 Å². The Bertz CT molecular complexity index is 215. The van der Waals surface area contributed by atoms with Crippen molar-refractivity contribution in [2.75, 3.05) is 39.9 Å². The Morgan fingerprint density at radius 2 is 1.89 bits per heavy atom. The zero-order valence-corrected chi connectivity index (χ0v) is 12.0. The monoisotopic (exact) mass is 254 g/mol. The summed E-state index contributed by atoms with van der Waals surface area (Å²) in [6.07, 6.45) is 9.86. The van der Waals surface area contributed by atoms with Crippen molar-refractivity contribution in [3.8, 4) is 0 Å². The molecule has 1 saturated heterocycles. The molecular weight excluding hydrogens is 224 g/mol. The van der Waals surface area contributed by atoms with Gasteiger partial charge >= 0.3 is 0 Å². The minimum absolute atomic E-state index is 0.771. The summed E-state index contributed by atoms with van der Waals surface area (Å²) in [5.74, 6) is 0.771. The van der Waals surface area contributed by atoms with Crippen LogP contribution in [0.4, 0.5) is 0 Å². The molecule has 1 aliphatic carbocycles. The van der Waals surface area contributed by atoms with Crippen LogP contribution < -0.4 is 5.32 Å². The van der Waals surface area contributed by atoms with Crippen molar-refractivity contribution in [1.29, 1.82) is 0 Å². The third-order valence-corrected chi connectivity index (χ3v) is 4.49. The highest BCUT2D eigenvalue weighted by Crippen LogP contribution is 2.18. The van der Waals surface area contributed by atoms with E-state index < -0.39 is 0 Å². The van der Waals surface area contributed by atoms with Gasteiger partial charge in [-0.2, -0.15) is 0 Å². The Hall–Kier alpha value is -0.120. The van der Waals surface area contributed by atoms with Gasteiger partial charge in [0, 0.05) is 32.8 Å². The van der Waals surface area contributed by atoms with E-state index in [4.69, 9.17) is 4.74 Å². The number of hydrogen-bond acceptors (Lipinski definition) is 3. The van der Waals surface area contributed by atoms with Gasteiger partial charge in [-0.05, 0) is 31.7 Å². The first-order valence-electron chi connectivity index (χ1n) is 7.83. The molecule has 106 valence electrons. The fourth-order valence-electron chi connectivity index (χ4n) is 3.40. The fourth-order valence-corrected chi connectivity index (χ4v) is 3.40. The molecule has 0 bridgehead atoms. The summed E-state index contributed by atoms with van der Waals surface area (Å²) >= 11 is 0. The summed E-state index contributed by atoms with van der Waals surface area (Å²) in [4.78, 5) is 2.59. The molecule has 1 aliphatic heterocycles. The average molecular weight is 254 g/mol. The molecule has 3 heteroatoms. The second-order valence-electron chi connectivity index (χ2n) is 6.05. The maximum atomic E-state index is 5.25. The van der Waals surface area contributed by atoms with E-state index in [1.165, 1.54) is 71.1 Å². The number of ether oxygens (including phenoxy) is 1. The predicted octanol–water partition coefficient (Wildman–Crippen LogP) is 2.27. The SMILES string of the molecule is COCC1CCN(CCNC2CCCCCC2)C1. The number of methoxy groups -OCH3 is 1. The van der Waals surface area contributed by atoms with Crippen LogP contribution in [0, 0.1) is 5.92 Å². The van der Waals surface area contributed by atoms with E-state index in [2.05, 4.69) is 10.2 Å². The fraction of sp³-hybridized carbons (Fsp3) is 1.00. The van der Waals surface area contributed by atoms with Gasteiger partial charge in [-0.25, -0.2) is 0 Å². The van der Waals surface area contributed by atoms with Gasteiger partial charge in [-0.3, -0.25) is 0 Å². The van der Waals surface area contributed by atoms with E-state index in [-0.39, 0.29) is 0 Å². The molecule has 2 aliphatic rings. The van der Waals surface area contributed by atoms with Crippen LogP contribution in [0.3, 0.4) is 0 Å². The maximum absolute atomic E-state index is 5.25. The number of rotatable bonds is 6. The Kier molecular flexibility index (Phi) is 6.46. The molecule has 1 saturated carbocycles. The molecule has 2 fully saturated rings. The molecular formula is C15H30N2O. The lowest BCUT2D eigenvalue weighted by molar-refractivity contribution is 0.153. The van der Waals surface area contributed by atoms with E-state index in [9.17, 15) is 0 Å². The minimum atomic E-state index is 0.771. The number of likely N-dealkylation sites (tertiary alicyclic amines) is 1. The summed E-state index contributed by atoms with van der Waals surface area (Å²) < 4.78 is 5.25. The molecule has 2 rings (SSSR count). The highest BCUT2D eigenvalue weighted by atomic mass is 16.5. The molecule has 0 amide bonds. The van der Waals surface area contributed by atoms with Gasteiger partial charge in [-0.1, -0.05) is 25.7 Å². The standard InChI is InChI=1S/C15H30N2O/c1-18-13-14-8-10-17(12-14)11-9-16-15-6-4-2-3-5-7-15/h14-16H,2-13H2,1H3. The van der Waals surface area contributed by atoms with Gasteiger partial charge < -0.3 is 15.0 Å². The minimum Gasteiger partial charge on any atom is -0.384 e. The zero-order valence-electron chi connectivity index (χ0n) is 12.0. The van der Waals surface area contributed by atoms with E-state index >= 15 is 0 Å². The van der Waals surface area contributed by atoms with Gasteiger partial charge in [-0.15, -0.1) is 0 Å². The maximum Gasteiger partial charge on any atom is 0.0503 e. The first kappa shape index (κ1) is 14.3. The quantitative estimate of drug-likeness (QED) is 0.736. The second-order valence-corrected chi connectivity index (χ2v) is 6.05. The van der Waals surface area contributed by atoms with E-state index in [0.29, 0.717) is 0 Å². The number of nitrogens with one attached hydrogen (secondary N) is 1. The molecule has 1 heterocycles. The molecule has 1 N–H and O–H groups in total. The molecule has 0 radical (unpaired) electrons. The molecule has 1 atom stereocenters. The summed E-state index contributed by atoms with van der Waals surface area (Å²) in [5, 5.41) is 3.76. The van der Waals surface area contributed by atoms with Gasteiger partial charge in [0.2, 0.25) is 0 Å². The number of hydrogen-bond donors (Lipinski definition) is 1. The second kappa shape index (κ2) is 8.13. The van der Waals surface area contributed by atoms with Crippen LogP contribution in [-0.4, -0.2) is 50.8 Å². The van der Waals surface area contributed by atoms with Crippen molar-refractivity contribution in [1.82, 2.24) is 10.2 Å². The first-order chi connectivity index (χ1) is 8.88. The Balaban J connectivity index is 1.55. The smallest absolute Gasteiger partial charge is 0.0503 e. The summed E-state index contributed by atoms with van der Waals surface area (Å²) in [6, 6.07) is 0.796. The summed E-state index contributed by atoms with van der Waals surface area (Å²) in [7, 11) is 1.82. The normalized spacial score (nSPS) is 27.5. The molecule has 18 heavy (non-hydrogen) atoms. The topological polar surface area (TPSA) is 24.5 Å². The zero-order chi connectivity index (χ0) is 12.6. The summed E-state index contributed by atoms with van der Waals surface area (Å²) in [5.41, 5.74) is 0. The highest BCUT2D eigenvalue weighted by Gasteiger charge is 2.21. The highest BCUT2D eigenvalue weighted by molar-refractivity contribution is 4.77. The van der Waals surface area contributed by atoms with E-state index in [0.717, 1.165) is 18.6 Å². The van der Waals surface area contributed by atoms with Gasteiger partial charge in [0.25, 0.3) is 0 Å². The van der Waals surface area contributed by atoms with Crippen molar-refractivity contribution in [3.63, 3.8) is 0 Å². The Labute approximate surface area is 112 Å².